The number of para-hydroxylation sites is 1. The van der Waals surface area contributed by atoms with Gasteiger partial charge in [-0.25, -0.2) is 0 Å². The maximum Gasteiger partial charge on any atom is 0.251 e. The summed E-state index contributed by atoms with van der Waals surface area (Å²) < 4.78 is 0. The lowest BCUT2D eigenvalue weighted by Gasteiger charge is -2.17. The van der Waals surface area contributed by atoms with Crippen molar-refractivity contribution in [3.05, 3.63) is 46.2 Å². The summed E-state index contributed by atoms with van der Waals surface area (Å²) in [5, 5.41) is 1.07. The third-order valence-electron chi connectivity index (χ3n) is 2.87. The van der Waals surface area contributed by atoms with Crippen molar-refractivity contribution in [2.45, 2.75) is 32.2 Å². The number of hydrogen-bond acceptors (Lipinski definition) is 2. The Morgan fingerprint density at radius 2 is 2.00 bits per heavy atom. The van der Waals surface area contributed by atoms with Gasteiger partial charge in [0.2, 0.25) is 0 Å². The highest BCUT2D eigenvalue weighted by molar-refractivity contribution is 5.78. The largest absolute Gasteiger partial charge is 0.326 e. The summed E-state index contributed by atoms with van der Waals surface area (Å²) in [6, 6.07) is 9.76. The molecule has 3 N–H and O–H groups in total. The first kappa shape index (κ1) is 11.9. The number of nitrogens with two attached hydrogens (primary N) is 1. The molecular formula is C14H18N2O. The summed E-state index contributed by atoms with van der Waals surface area (Å²) in [6.07, 6.45) is 1.51. The highest BCUT2D eigenvalue weighted by Gasteiger charge is 2.12. The molecule has 90 valence electrons. The molecule has 0 aliphatic heterocycles. The molecule has 0 radical (unpaired) electrons. The highest BCUT2D eigenvalue weighted by atomic mass is 16.1. The van der Waals surface area contributed by atoms with E-state index in [1.165, 1.54) is 0 Å². The Labute approximate surface area is 101 Å². The molecular weight excluding hydrogens is 212 g/mol. The second-order valence-corrected chi connectivity index (χ2v) is 5.20. The van der Waals surface area contributed by atoms with Crippen LogP contribution in [-0.2, 0) is 6.42 Å². The number of aromatic nitrogens is 1. The van der Waals surface area contributed by atoms with E-state index in [9.17, 15) is 4.79 Å². The summed E-state index contributed by atoms with van der Waals surface area (Å²) >= 11 is 0. The molecule has 1 heterocycles. The minimum Gasteiger partial charge on any atom is -0.326 e. The van der Waals surface area contributed by atoms with Crippen molar-refractivity contribution in [2.75, 3.05) is 0 Å². The Morgan fingerprint density at radius 1 is 1.29 bits per heavy atom. The van der Waals surface area contributed by atoms with Crippen molar-refractivity contribution in [3.8, 4) is 0 Å². The fourth-order valence-corrected chi connectivity index (χ4v) is 1.84. The van der Waals surface area contributed by atoms with Crippen LogP contribution in [0.15, 0.2) is 35.1 Å². The number of aromatic amines is 1. The zero-order chi connectivity index (χ0) is 12.5. The smallest absolute Gasteiger partial charge is 0.251 e. The Balaban J connectivity index is 2.35. The van der Waals surface area contributed by atoms with E-state index in [0.717, 1.165) is 22.9 Å². The van der Waals surface area contributed by atoms with Crippen LogP contribution in [0.5, 0.6) is 0 Å². The normalized spacial score (nSPS) is 11.9. The molecule has 0 bridgehead atoms. The van der Waals surface area contributed by atoms with Crippen LogP contribution >= 0.6 is 0 Å². The Kier molecular flexibility index (Phi) is 3.03. The predicted octanol–water partition coefficient (Wildman–Crippen LogP) is 2.20. The van der Waals surface area contributed by atoms with E-state index in [-0.39, 0.29) is 11.1 Å². The van der Waals surface area contributed by atoms with Crippen LogP contribution in [0.2, 0.25) is 0 Å². The molecule has 0 atom stereocenters. The van der Waals surface area contributed by atoms with Gasteiger partial charge in [-0.15, -0.1) is 0 Å². The zero-order valence-electron chi connectivity index (χ0n) is 10.3. The van der Waals surface area contributed by atoms with E-state index < -0.39 is 0 Å². The summed E-state index contributed by atoms with van der Waals surface area (Å²) in [4.78, 5) is 14.8. The van der Waals surface area contributed by atoms with Crippen LogP contribution in [0, 0.1) is 0 Å². The minimum atomic E-state index is -0.238. The third kappa shape index (κ3) is 2.94. The molecule has 2 rings (SSSR count). The lowest BCUT2D eigenvalue weighted by molar-refractivity contribution is 0.476. The third-order valence-corrected chi connectivity index (χ3v) is 2.87. The molecule has 0 saturated heterocycles. The Morgan fingerprint density at radius 3 is 2.71 bits per heavy atom. The topological polar surface area (TPSA) is 58.9 Å². The number of rotatable bonds is 3. The van der Waals surface area contributed by atoms with Gasteiger partial charge in [-0.2, -0.15) is 0 Å². The summed E-state index contributed by atoms with van der Waals surface area (Å²) in [5.74, 6) is 0. The van der Waals surface area contributed by atoms with Gasteiger partial charge >= 0.3 is 0 Å². The van der Waals surface area contributed by atoms with Crippen molar-refractivity contribution in [2.24, 2.45) is 5.73 Å². The molecule has 3 nitrogen and oxygen atoms in total. The van der Waals surface area contributed by atoms with Gasteiger partial charge in [0.05, 0.1) is 0 Å². The van der Waals surface area contributed by atoms with E-state index >= 15 is 0 Å². The van der Waals surface area contributed by atoms with Gasteiger partial charge < -0.3 is 10.7 Å². The summed E-state index contributed by atoms with van der Waals surface area (Å²) in [6.45, 7) is 3.95. The number of aryl methyl sites for hydroxylation is 1. The van der Waals surface area contributed by atoms with Gasteiger partial charge in [-0.05, 0) is 44.2 Å². The van der Waals surface area contributed by atoms with Crippen LogP contribution < -0.4 is 11.3 Å². The van der Waals surface area contributed by atoms with Crippen LogP contribution in [0.3, 0.4) is 0 Å². The van der Waals surface area contributed by atoms with Crippen LogP contribution in [0.4, 0.5) is 0 Å². The molecule has 17 heavy (non-hydrogen) atoms. The molecule has 0 amide bonds. The Hall–Kier alpha value is -1.61. The van der Waals surface area contributed by atoms with Gasteiger partial charge in [-0.1, -0.05) is 18.2 Å². The maximum atomic E-state index is 11.9. The van der Waals surface area contributed by atoms with Crippen LogP contribution in [-0.4, -0.2) is 10.5 Å². The number of H-pyrrole nitrogens is 1. The number of nitrogens with one attached hydrogen (secondary N) is 1. The molecule has 0 aliphatic rings. The quantitative estimate of drug-likeness (QED) is 0.849. The van der Waals surface area contributed by atoms with E-state index in [4.69, 9.17) is 5.73 Å². The lowest BCUT2D eigenvalue weighted by Crippen LogP contribution is -2.33. The van der Waals surface area contributed by atoms with Crippen molar-refractivity contribution in [1.29, 1.82) is 0 Å². The highest BCUT2D eigenvalue weighted by Crippen LogP contribution is 2.13. The average Bonchev–Trinajstić information content (AvgIpc) is 2.25. The Bertz CT molecular complexity index is 579. The first-order chi connectivity index (χ1) is 7.96. The van der Waals surface area contributed by atoms with Gasteiger partial charge in [0.25, 0.3) is 5.56 Å². The van der Waals surface area contributed by atoms with E-state index in [1.54, 1.807) is 0 Å². The first-order valence-corrected chi connectivity index (χ1v) is 5.85. The fraction of sp³-hybridized carbons (Fsp3) is 0.357. The molecule has 0 aliphatic carbocycles. The van der Waals surface area contributed by atoms with E-state index in [2.05, 4.69) is 4.98 Å². The van der Waals surface area contributed by atoms with Crippen molar-refractivity contribution in [1.82, 2.24) is 4.98 Å². The molecule has 0 unspecified atom stereocenters. The number of benzene rings is 1. The van der Waals surface area contributed by atoms with Crippen molar-refractivity contribution >= 4 is 10.9 Å². The summed E-state index contributed by atoms with van der Waals surface area (Å²) in [7, 11) is 0. The average molecular weight is 230 g/mol. The van der Waals surface area contributed by atoms with Crippen molar-refractivity contribution in [3.63, 3.8) is 0 Å². The molecule has 1 aromatic heterocycles. The van der Waals surface area contributed by atoms with Crippen LogP contribution in [0.25, 0.3) is 10.9 Å². The first-order valence-electron chi connectivity index (χ1n) is 5.85. The van der Waals surface area contributed by atoms with Gasteiger partial charge in [-0.3, -0.25) is 4.79 Å². The SMILES string of the molecule is CC(C)(N)CCc1cc2ccccc2[nH]c1=O. The fourth-order valence-electron chi connectivity index (χ4n) is 1.84. The van der Waals surface area contributed by atoms with Gasteiger partial charge in [0.1, 0.15) is 0 Å². The van der Waals surface area contributed by atoms with Gasteiger partial charge in [0, 0.05) is 16.6 Å². The molecule has 0 spiro atoms. The lowest BCUT2D eigenvalue weighted by atomic mass is 9.96. The number of fused-ring (bicyclic) bond motifs is 1. The van der Waals surface area contributed by atoms with Crippen LogP contribution in [0.1, 0.15) is 25.8 Å². The zero-order valence-corrected chi connectivity index (χ0v) is 10.3. The molecule has 0 fully saturated rings. The predicted molar refractivity (Wildman–Crippen MR) is 71.2 cm³/mol. The molecule has 0 saturated carbocycles. The number of hydrogen-bond donors (Lipinski definition) is 2. The second kappa shape index (κ2) is 4.34. The van der Waals surface area contributed by atoms with E-state index in [1.807, 2.05) is 44.2 Å². The number of pyridine rings is 1. The molecule has 3 heteroatoms. The van der Waals surface area contributed by atoms with E-state index in [0.29, 0.717) is 6.42 Å². The monoisotopic (exact) mass is 230 g/mol. The standard InChI is InChI=1S/C14H18N2O/c1-14(2,15)8-7-11-9-10-5-3-4-6-12(10)16-13(11)17/h3-6,9H,7-8,15H2,1-2H3,(H,16,17). The minimum absolute atomic E-state index is 0.00653. The second-order valence-electron chi connectivity index (χ2n) is 5.20. The van der Waals surface area contributed by atoms with Crippen molar-refractivity contribution < 1.29 is 0 Å². The molecule has 1 aromatic carbocycles. The maximum absolute atomic E-state index is 11.9. The molecule has 2 aromatic rings. The summed E-state index contributed by atoms with van der Waals surface area (Å²) in [5.41, 5.74) is 7.38. The van der Waals surface area contributed by atoms with Gasteiger partial charge in [0.15, 0.2) is 0 Å².